The SMILES string of the molecule is COCCOc1ccc(C(F)(F)F)cc1NC(=O)C(C)NC(=O)C(C)(C)C. The lowest BCUT2D eigenvalue weighted by molar-refractivity contribution is -0.137. The molecule has 0 fully saturated rings. The van der Waals surface area contributed by atoms with Crippen LogP contribution in [0.1, 0.15) is 33.3 Å². The third-order valence-electron chi connectivity index (χ3n) is 3.53. The van der Waals surface area contributed by atoms with Crippen molar-refractivity contribution in [3.05, 3.63) is 23.8 Å². The molecule has 0 saturated carbocycles. The summed E-state index contributed by atoms with van der Waals surface area (Å²) < 4.78 is 49.1. The van der Waals surface area contributed by atoms with Crippen LogP contribution in [0.25, 0.3) is 0 Å². The maximum absolute atomic E-state index is 13.0. The van der Waals surface area contributed by atoms with Crippen molar-refractivity contribution in [2.45, 2.75) is 39.9 Å². The average Bonchev–Trinajstić information content (AvgIpc) is 2.54. The second-order valence-corrected chi connectivity index (χ2v) is 6.98. The Morgan fingerprint density at radius 2 is 1.78 bits per heavy atom. The number of methoxy groups -OCH3 is 1. The lowest BCUT2D eigenvalue weighted by atomic mass is 9.95. The molecule has 1 aromatic carbocycles. The summed E-state index contributed by atoms with van der Waals surface area (Å²) in [6.45, 7) is 6.82. The molecule has 27 heavy (non-hydrogen) atoms. The van der Waals surface area contributed by atoms with Crippen LogP contribution in [0.2, 0.25) is 0 Å². The van der Waals surface area contributed by atoms with Crippen LogP contribution < -0.4 is 15.4 Å². The Bertz CT molecular complexity index is 670. The molecule has 1 atom stereocenters. The first kappa shape index (κ1) is 22.8. The fourth-order valence-electron chi connectivity index (χ4n) is 1.88. The molecule has 6 nitrogen and oxygen atoms in total. The standard InChI is InChI=1S/C18H25F3N2O4/c1-11(22-16(25)17(2,3)4)15(24)23-13-10-12(18(19,20)21)6-7-14(13)27-9-8-26-5/h6-7,10-11H,8-9H2,1-5H3,(H,22,25)(H,23,24). The molecule has 0 aliphatic heterocycles. The molecule has 2 amide bonds. The van der Waals surface area contributed by atoms with Crippen molar-refractivity contribution in [3.63, 3.8) is 0 Å². The number of alkyl halides is 3. The van der Waals surface area contributed by atoms with E-state index in [4.69, 9.17) is 9.47 Å². The molecule has 1 rings (SSSR count). The summed E-state index contributed by atoms with van der Waals surface area (Å²) >= 11 is 0. The number of hydrogen-bond donors (Lipinski definition) is 2. The first-order valence-corrected chi connectivity index (χ1v) is 8.31. The van der Waals surface area contributed by atoms with Gasteiger partial charge in [0.2, 0.25) is 11.8 Å². The molecule has 0 aliphatic rings. The van der Waals surface area contributed by atoms with Gasteiger partial charge in [0, 0.05) is 12.5 Å². The third-order valence-corrected chi connectivity index (χ3v) is 3.53. The number of carbonyl (C=O) groups is 2. The molecule has 0 saturated heterocycles. The molecule has 152 valence electrons. The number of hydrogen-bond acceptors (Lipinski definition) is 4. The summed E-state index contributed by atoms with van der Waals surface area (Å²) in [6.07, 6.45) is -4.57. The molecular formula is C18H25F3N2O4. The highest BCUT2D eigenvalue weighted by molar-refractivity contribution is 5.98. The lowest BCUT2D eigenvalue weighted by Gasteiger charge is -2.22. The molecule has 0 aliphatic carbocycles. The first-order valence-electron chi connectivity index (χ1n) is 8.31. The van der Waals surface area contributed by atoms with Gasteiger partial charge < -0.3 is 20.1 Å². The molecule has 9 heteroatoms. The highest BCUT2D eigenvalue weighted by Crippen LogP contribution is 2.35. The van der Waals surface area contributed by atoms with Crippen LogP contribution in [0.5, 0.6) is 5.75 Å². The van der Waals surface area contributed by atoms with Crippen molar-refractivity contribution in [1.29, 1.82) is 0 Å². The maximum atomic E-state index is 13.0. The smallest absolute Gasteiger partial charge is 0.416 e. The number of rotatable bonds is 7. The zero-order chi connectivity index (χ0) is 20.8. The van der Waals surface area contributed by atoms with Crippen LogP contribution in [0.4, 0.5) is 18.9 Å². The molecule has 1 unspecified atom stereocenters. The summed E-state index contributed by atoms with van der Waals surface area (Å²) in [5.74, 6) is -0.947. The number of halogens is 3. The van der Waals surface area contributed by atoms with E-state index in [9.17, 15) is 22.8 Å². The van der Waals surface area contributed by atoms with E-state index < -0.39 is 29.1 Å². The number of benzene rings is 1. The molecule has 0 bridgehead atoms. The highest BCUT2D eigenvalue weighted by Gasteiger charge is 2.32. The fourth-order valence-corrected chi connectivity index (χ4v) is 1.88. The monoisotopic (exact) mass is 390 g/mol. The van der Waals surface area contributed by atoms with Gasteiger partial charge in [-0.05, 0) is 25.1 Å². The van der Waals surface area contributed by atoms with Crippen molar-refractivity contribution in [3.8, 4) is 5.75 Å². The van der Waals surface area contributed by atoms with Crippen molar-refractivity contribution >= 4 is 17.5 Å². The van der Waals surface area contributed by atoms with Gasteiger partial charge in [-0.2, -0.15) is 13.2 Å². The van der Waals surface area contributed by atoms with Crippen molar-refractivity contribution in [2.24, 2.45) is 5.41 Å². The second-order valence-electron chi connectivity index (χ2n) is 6.98. The van der Waals surface area contributed by atoms with E-state index >= 15 is 0 Å². The largest absolute Gasteiger partial charge is 0.489 e. The molecule has 1 aromatic rings. The van der Waals surface area contributed by atoms with Gasteiger partial charge in [-0.25, -0.2) is 0 Å². The Labute approximate surface area is 156 Å². The number of amides is 2. The minimum Gasteiger partial charge on any atom is -0.489 e. The highest BCUT2D eigenvalue weighted by atomic mass is 19.4. The van der Waals surface area contributed by atoms with Gasteiger partial charge in [0.15, 0.2) is 0 Å². The molecular weight excluding hydrogens is 365 g/mol. The predicted molar refractivity (Wildman–Crippen MR) is 94.5 cm³/mol. The lowest BCUT2D eigenvalue weighted by Crippen LogP contribution is -2.46. The Balaban J connectivity index is 2.99. The third kappa shape index (κ3) is 7.09. The fraction of sp³-hybridized carbons (Fsp3) is 0.556. The minimum atomic E-state index is -4.57. The minimum absolute atomic E-state index is 0.0720. The quantitative estimate of drug-likeness (QED) is 0.701. The molecule has 0 heterocycles. The van der Waals surface area contributed by atoms with E-state index in [2.05, 4.69) is 10.6 Å². The zero-order valence-corrected chi connectivity index (χ0v) is 16.0. The molecule has 0 radical (unpaired) electrons. The van der Waals surface area contributed by atoms with Gasteiger partial charge in [0.1, 0.15) is 18.4 Å². The first-order chi connectivity index (χ1) is 12.4. The molecule has 2 N–H and O–H groups in total. The summed E-state index contributed by atoms with van der Waals surface area (Å²) in [4.78, 5) is 24.3. The molecule has 0 spiro atoms. The maximum Gasteiger partial charge on any atom is 0.416 e. The van der Waals surface area contributed by atoms with E-state index in [0.29, 0.717) is 0 Å². The second kappa shape index (κ2) is 9.07. The van der Waals surface area contributed by atoms with Crippen LogP contribution in [0, 0.1) is 5.41 Å². The van der Waals surface area contributed by atoms with Crippen LogP contribution in [-0.4, -0.2) is 38.2 Å². The summed E-state index contributed by atoms with van der Waals surface area (Å²) in [7, 11) is 1.46. The normalized spacial score (nSPS) is 13.0. The Morgan fingerprint density at radius 3 is 2.30 bits per heavy atom. The zero-order valence-electron chi connectivity index (χ0n) is 16.0. The van der Waals surface area contributed by atoms with E-state index in [-0.39, 0.29) is 30.6 Å². The van der Waals surface area contributed by atoms with Gasteiger partial charge in [-0.15, -0.1) is 0 Å². The summed E-state index contributed by atoms with van der Waals surface area (Å²) in [6, 6.07) is 1.84. The Hall–Kier alpha value is -2.29. The van der Waals surface area contributed by atoms with Crippen LogP contribution >= 0.6 is 0 Å². The van der Waals surface area contributed by atoms with E-state index in [1.165, 1.54) is 14.0 Å². The van der Waals surface area contributed by atoms with Crippen molar-refractivity contribution < 1.29 is 32.2 Å². The topological polar surface area (TPSA) is 76.7 Å². The summed E-state index contributed by atoms with van der Waals surface area (Å²) in [5.41, 5.74) is -1.77. The van der Waals surface area contributed by atoms with Gasteiger partial charge in [0.05, 0.1) is 17.9 Å². The van der Waals surface area contributed by atoms with Crippen molar-refractivity contribution in [2.75, 3.05) is 25.6 Å². The number of ether oxygens (including phenoxy) is 2. The number of nitrogens with one attached hydrogen (secondary N) is 2. The Morgan fingerprint density at radius 1 is 1.15 bits per heavy atom. The average molecular weight is 390 g/mol. The van der Waals surface area contributed by atoms with Gasteiger partial charge in [0.25, 0.3) is 0 Å². The number of carbonyl (C=O) groups excluding carboxylic acids is 2. The Kier molecular flexibility index (Phi) is 7.65. The van der Waals surface area contributed by atoms with Gasteiger partial charge >= 0.3 is 6.18 Å². The van der Waals surface area contributed by atoms with Crippen LogP contribution in [-0.2, 0) is 20.5 Å². The van der Waals surface area contributed by atoms with E-state index in [1.54, 1.807) is 20.8 Å². The summed E-state index contributed by atoms with van der Waals surface area (Å²) in [5, 5.41) is 4.91. The molecule has 0 aromatic heterocycles. The number of anilines is 1. The van der Waals surface area contributed by atoms with Crippen LogP contribution in [0.3, 0.4) is 0 Å². The van der Waals surface area contributed by atoms with E-state index in [1.807, 2.05) is 0 Å². The van der Waals surface area contributed by atoms with Gasteiger partial charge in [-0.3, -0.25) is 9.59 Å². The van der Waals surface area contributed by atoms with Gasteiger partial charge in [-0.1, -0.05) is 20.8 Å². The predicted octanol–water partition coefficient (Wildman–Crippen LogP) is 3.22. The van der Waals surface area contributed by atoms with Crippen LogP contribution in [0.15, 0.2) is 18.2 Å². The van der Waals surface area contributed by atoms with E-state index in [0.717, 1.165) is 18.2 Å². The van der Waals surface area contributed by atoms with Crippen molar-refractivity contribution in [1.82, 2.24) is 5.32 Å².